The monoisotopic (exact) mass is 359 g/mol. The fraction of sp³-hybridized carbons (Fsp3) is 0.600. The highest BCUT2D eigenvalue weighted by atomic mass is 16.1. The standard InChI is InChI=1S/C20H33N5O/c1-4-6-12-25(3)13-11-22-20(21-5-2)23-15-16-14-19(26)24-18-10-8-7-9-17(16)18/h7-10,16H,4-6,11-15H2,1-3H3,(H,24,26)(H2,21,22,23). The SMILES string of the molecule is CCCCN(C)CCNC(=NCC1CC(=O)Nc2ccccc21)NCC. The number of unbranched alkanes of at least 4 members (excludes halogenated alkanes) is 1. The van der Waals surface area contributed by atoms with Crippen molar-refractivity contribution >= 4 is 17.6 Å². The number of anilines is 1. The molecule has 1 aromatic carbocycles. The van der Waals surface area contributed by atoms with Crippen LogP contribution >= 0.6 is 0 Å². The first-order valence-corrected chi connectivity index (χ1v) is 9.73. The van der Waals surface area contributed by atoms with E-state index in [-0.39, 0.29) is 11.8 Å². The molecule has 1 aliphatic rings. The topological polar surface area (TPSA) is 68.8 Å². The molecule has 1 heterocycles. The largest absolute Gasteiger partial charge is 0.357 e. The van der Waals surface area contributed by atoms with E-state index in [1.165, 1.54) is 18.4 Å². The normalized spacial score (nSPS) is 17.0. The van der Waals surface area contributed by atoms with Gasteiger partial charge in [-0.25, -0.2) is 0 Å². The van der Waals surface area contributed by atoms with Crippen LogP contribution in [0.25, 0.3) is 0 Å². The number of guanidine groups is 1. The molecule has 1 atom stereocenters. The molecule has 1 aromatic rings. The van der Waals surface area contributed by atoms with Crippen molar-refractivity contribution in [2.75, 3.05) is 45.1 Å². The predicted molar refractivity (Wildman–Crippen MR) is 109 cm³/mol. The quantitative estimate of drug-likeness (QED) is 0.468. The van der Waals surface area contributed by atoms with Gasteiger partial charge >= 0.3 is 0 Å². The first-order chi connectivity index (χ1) is 12.6. The Hall–Kier alpha value is -2.08. The molecule has 3 N–H and O–H groups in total. The van der Waals surface area contributed by atoms with Crippen LogP contribution in [0.3, 0.4) is 0 Å². The average Bonchev–Trinajstić information content (AvgIpc) is 2.64. The Labute approximate surface area is 157 Å². The van der Waals surface area contributed by atoms with Crippen molar-refractivity contribution in [2.45, 2.75) is 39.0 Å². The third-order valence-corrected chi connectivity index (χ3v) is 4.60. The summed E-state index contributed by atoms with van der Waals surface area (Å²) < 4.78 is 0. The number of aliphatic imine (C=N–C) groups is 1. The molecule has 144 valence electrons. The second kappa shape index (κ2) is 10.8. The van der Waals surface area contributed by atoms with Crippen LogP contribution in [0.2, 0.25) is 0 Å². The van der Waals surface area contributed by atoms with E-state index in [2.05, 4.69) is 47.8 Å². The van der Waals surface area contributed by atoms with Crippen LogP contribution in [0, 0.1) is 0 Å². The number of hydrogen-bond donors (Lipinski definition) is 3. The lowest BCUT2D eigenvalue weighted by molar-refractivity contribution is -0.116. The molecule has 1 amide bonds. The van der Waals surface area contributed by atoms with Crippen molar-refractivity contribution in [1.82, 2.24) is 15.5 Å². The molecule has 0 fully saturated rings. The highest BCUT2D eigenvalue weighted by Crippen LogP contribution is 2.31. The second-order valence-corrected chi connectivity index (χ2v) is 6.84. The van der Waals surface area contributed by atoms with E-state index >= 15 is 0 Å². The molecule has 26 heavy (non-hydrogen) atoms. The number of nitrogens with one attached hydrogen (secondary N) is 3. The minimum absolute atomic E-state index is 0.0689. The van der Waals surface area contributed by atoms with Gasteiger partial charge in [-0.3, -0.25) is 9.79 Å². The lowest BCUT2D eigenvalue weighted by atomic mass is 9.91. The van der Waals surface area contributed by atoms with Gasteiger partial charge in [0, 0.05) is 37.7 Å². The number of rotatable bonds is 9. The maximum atomic E-state index is 11.9. The first-order valence-electron chi connectivity index (χ1n) is 9.73. The van der Waals surface area contributed by atoms with Gasteiger partial charge in [-0.2, -0.15) is 0 Å². The Kier molecular flexibility index (Phi) is 8.41. The summed E-state index contributed by atoms with van der Waals surface area (Å²) in [4.78, 5) is 19.0. The zero-order chi connectivity index (χ0) is 18.8. The number of para-hydroxylation sites is 1. The number of fused-ring (bicyclic) bond motifs is 1. The number of likely N-dealkylation sites (N-methyl/N-ethyl adjacent to an activating group) is 1. The van der Waals surface area contributed by atoms with Crippen LogP contribution in [0.15, 0.2) is 29.3 Å². The van der Waals surface area contributed by atoms with E-state index in [1.54, 1.807) is 0 Å². The molecule has 0 spiro atoms. The average molecular weight is 360 g/mol. The fourth-order valence-electron chi connectivity index (χ4n) is 3.11. The summed E-state index contributed by atoms with van der Waals surface area (Å²) in [6.07, 6.45) is 2.94. The van der Waals surface area contributed by atoms with E-state index in [0.717, 1.165) is 37.8 Å². The van der Waals surface area contributed by atoms with Gasteiger partial charge in [0.15, 0.2) is 5.96 Å². The zero-order valence-corrected chi connectivity index (χ0v) is 16.3. The van der Waals surface area contributed by atoms with Gasteiger partial charge in [0.1, 0.15) is 0 Å². The molecule has 6 nitrogen and oxygen atoms in total. The number of hydrogen-bond acceptors (Lipinski definition) is 3. The van der Waals surface area contributed by atoms with Gasteiger partial charge in [-0.05, 0) is 38.6 Å². The summed E-state index contributed by atoms with van der Waals surface area (Å²) in [6.45, 7) is 8.66. The molecule has 0 aromatic heterocycles. The molecule has 1 unspecified atom stereocenters. The molecule has 1 aliphatic heterocycles. The molecule has 0 radical (unpaired) electrons. The van der Waals surface area contributed by atoms with E-state index in [1.807, 2.05) is 18.2 Å². The first kappa shape index (κ1) is 20.2. The fourth-order valence-corrected chi connectivity index (χ4v) is 3.11. The van der Waals surface area contributed by atoms with E-state index < -0.39 is 0 Å². The minimum atomic E-state index is 0.0689. The highest BCUT2D eigenvalue weighted by Gasteiger charge is 2.24. The zero-order valence-electron chi connectivity index (χ0n) is 16.3. The molecule has 0 bridgehead atoms. The molecule has 0 saturated heterocycles. The van der Waals surface area contributed by atoms with Crippen molar-refractivity contribution in [2.24, 2.45) is 4.99 Å². The van der Waals surface area contributed by atoms with Gasteiger partial charge < -0.3 is 20.9 Å². The summed E-state index contributed by atoms with van der Waals surface area (Å²) >= 11 is 0. The van der Waals surface area contributed by atoms with Crippen molar-refractivity contribution in [3.8, 4) is 0 Å². The van der Waals surface area contributed by atoms with Crippen LogP contribution in [-0.2, 0) is 4.79 Å². The van der Waals surface area contributed by atoms with Gasteiger partial charge in [0.25, 0.3) is 0 Å². The van der Waals surface area contributed by atoms with Gasteiger partial charge in [0.2, 0.25) is 5.91 Å². The van der Waals surface area contributed by atoms with Crippen molar-refractivity contribution in [3.63, 3.8) is 0 Å². The lowest BCUT2D eigenvalue weighted by Crippen LogP contribution is -2.41. The maximum Gasteiger partial charge on any atom is 0.225 e. The second-order valence-electron chi connectivity index (χ2n) is 6.84. The lowest BCUT2D eigenvalue weighted by Gasteiger charge is -2.24. The summed E-state index contributed by atoms with van der Waals surface area (Å²) in [5.74, 6) is 1.02. The van der Waals surface area contributed by atoms with E-state index in [0.29, 0.717) is 13.0 Å². The molecular weight excluding hydrogens is 326 g/mol. The third kappa shape index (κ3) is 6.33. The van der Waals surface area contributed by atoms with Gasteiger partial charge in [-0.1, -0.05) is 31.5 Å². The number of carbonyl (C=O) groups excluding carboxylic acids is 1. The number of benzene rings is 1. The van der Waals surface area contributed by atoms with Crippen molar-refractivity contribution in [1.29, 1.82) is 0 Å². The van der Waals surface area contributed by atoms with Crippen LogP contribution in [0.5, 0.6) is 0 Å². The van der Waals surface area contributed by atoms with E-state index in [4.69, 9.17) is 4.99 Å². The Morgan fingerprint density at radius 1 is 1.27 bits per heavy atom. The molecule has 0 aliphatic carbocycles. The van der Waals surface area contributed by atoms with Gasteiger partial charge in [-0.15, -0.1) is 0 Å². The third-order valence-electron chi connectivity index (χ3n) is 4.60. The van der Waals surface area contributed by atoms with Crippen molar-refractivity contribution in [3.05, 3.63) is 29.8 Å². The molecule has 6 heteroatoms. The minimum Gasteiger partial charge on any atom is -0.357 e. The summed E-state index contributed by atoms with van der Waals surface area (Å²) in [5.41, 5.74) is 2.09. The Bertz CT molecular complexity index is 602. The molecule has 0 saturated carbocycles. The summed E-state index contributed by atoms with van der Waals surface area (Å²) in [5, 5.41) is 9.64. The molecule has 2 rings (SSSR count). The van der Waals surface area contributed by atoms with Crippen molar-refractivity contribution < 1.29 is 4.79 Å². The van der Waals surface area contributed by atoms with Crippen LogP contribution in [-0.4, -0.2) is 56.5 Å². The number of nitrogens with zero attached hydrogens (tertiary/aromatic N) is 2. The summed E-state index contributed by atoms with van der Waals surface area (Å²) in [7, 11) is 2.15. The van der Waals surface area contributed by atoms with Gasteiger partial charge in [0.05, 0.1) is 6.54 Å². The summed E-state index contributed by atoms with van der Waals surface area (Å²) in [6, 6.07) is 8.00. The molecular formula is C20H33N5O. The van der Waals surface area contributed by atoms with Crippen LogP contribution in [0.4, 0.5) is 5.69 Å². The number of amides is 1. The predicted octanol–water partition coefficient (Wildman–Crippen LogP) is 2.40. The highest BCUT2D eigenvalue weighted by molar-refractivity contribution is 5.94. The smallest absolute Gasteiger partial charge is 0.225 e. The van der Waals surface area contributed by atoms with Crippen LogP contribution < -0.4 is 16.0 Å². The number of carbonyl (C=O) groups is 1. The van der Waals surface area contributed by atoms with E-state index in [9.17, 15) is 4.79 Å². The van der Waals surface area contributed by atoms with Crippen LogP contribution in [0.1, 0.15) is 44.6 Å². The maximum absolute atomic E-state index is 11.9. The Balaban J connectivity index is 1.91. The Morgan fingerprint density at radius 2 is 2.08 bits per heavy atom. The Morgan fingerprint density at radius 3 is 2.85 bits per heavy atom.